The van der Waals surface area contributed by atoms with Crippen LogP contribution in [0.5, 0.6) is 0 Å². The average Bonchev–Trinajstić information content (AvgIpc) is 3.34. The predicted octanol–water partition coefficient (Wildman–Crippen LogP) is 0.242. The maximum absolute atomic E-state index is 13.0. The van der Waals surface area contributed by atoms with Crippen molar-refractivity contribution in [2.75, 3.05) is 6.54 Å². The Morgan fingerprint density at radius 1 is 1.46 bits per heavy atom. The SMILES string of the molecule is C[C@@H]1CC(=O)C[C@@H]1C(=O)N[C@@H](Cc1cnc[nH]1)C(=O)N1CCC[C@H]1C=O. The molecule has 2 heterocycles. The number of aldehydes is 1. The number of carbonyl (C=O) groups excluding carboxylic acids is 4. The molecule has 1 aromatic heterocycles. The van der Waals surface area contributed by atoms with Crippen molar-refractivity contribution >= 4 is 23.9 Å². The summed E-state index contributed by atoms with van der Waals surface area (Å²) in [6.07, 6.45) is 6.21. The second kappa shape index (κ2) is 7.80. The fourth-order valence-corrected chi connectivity index (χ4v) is 3.89. The molecule has 2 N–H and O–H groups in total. The van der Waals surface area contributed by atoms with E-state index in [1.54, 1.807) is 6.20 Å². The van der Waals surface area contributed by atoms with Crippen LogP contribution in [0.25, 0.3) is 0 Å². The van der Waals surface area contributed by atoms with Crippen LogP contribution >= 0.6 is 0 Å². The number of amides is 2. The minimum Gasteiger partial charge on any atom is -0.348 e. The maximum atomic E-state index is 13.0. The van der Waals surface area contributed by atoms with E-state index in [1.165, 1.54) is 11.2 Å². The zero-order chi connectivity index (χ0) is 18.7. The molecule has 1 aliphatic heterocycles. The van der Waals surface area contributed by atoms with Crippen LogP contribution < -0.4 is 5.32 Å². The van der Waals surface area contributed by atoms with Crippen molar-refractivity contribution < 1.29 is 19.2 Å². The second-order valence-corrected chi connectivity index (χ2v) is 7.25. The number of nitrogens with zero attached hydrogens (tertiary/aromatic N) is 2. The van der Waals surface area contributed by atoms with Crippen LogP contribution in [-0.2, 0) is 25.6 Å². The highest BCUT2D eigenvalue weighted by Gasteiger charge is 2.38. The van der Waals surface area contributed by atoms with E-state index in [0.717, 1.165) is 18.4 Å². The Morgan fingerprint density at radius 2 is 2.27 bits per heavy atom. The van der Waals surface area contributed by atoms with Gasteiger partial charge in [-0.25, -0.2) is 4.98 Å². The van der Waals surface area contributed by atoms with Gasteiger partial charge in [-0.1, -0.05) is 6.92 Å². The van der Waals surface area contributed by atoms with Gasteiger partial charge in [0.05, 0.1) is 12.4 Å². The van der Waals surface area contributed by atoms with E-state index in [1.807, 2.05) is 6.92 Å². The number of hydrogen-bond donors (Lipinski definition) is 2. The van der Waals surface area contributed by atoms with E-state index in [4.69, 9.17) is 0 Å². The maximum Gasteiger partial charge on any atom is 0.246 e. The standard InChI is InChI=1S/C18H24N4O4/c1-11-5-14(24)7-15(11)17(25)21-16(6-12-8-19-10-20-12)18(26)22-4-2-3-13(22)9-23/h8-11,13,15-16H,2-7H2,1H3,(H,19,20)(H,21,25)/t11-,13+,15+,16+/m1/s1. The van der Waals surface area contributed by atoms with Crippen LogP contribution in [0.2, 0.25) is 0 Å². The first-order valence-corrected chi connectivity index (χ1v) is 9.04. The van der Waals surface area contributed by atoms with Crippen molar-refractivity contribution in [1.82, 2.24) is 20.2 Å². The van der Waals surface area contributed by atoms with Gasteiger partial charge in [0.15, 0.2) is 0 Å². The summed E-state index contributed by atoms with van der Waals surface area (Å²) in [5.74, 6) is -0.892. The minimum atomic E-state index is -0.786. The highest BCUT2D eigenvalue weighted by Crippen LogP contribution is 2.29. The highest BCUT2D eigenvalue weighted by atomic mass is 16.2. The molecule has 3 rings (SSSR count). The Bertz CT molecular complexity index is 687. The van der Waals surface area contributed by atoms with Crippen molar-refractivity contribution in [3.05, 3.63) is 18.2 Å². The molecule has 1 aliphatic carbocycles. The molecule has 140 valence electrons. The molecule has 2 amide bonds. The first kappa shape index (κ1) is 18.3. The minimum absolute atomic E-state index is 0.0279. The lowest BCUT2D eigenvalue weighted by Crippen LogP contribution is -2.52. The molecule has 1 saturated carbocycles. The number of rotatable bonds is 6. The molecule has 0 radical (unpaired) electrons. The number of Topliss-reactive ketones (excluding diaryl/α,β-unsaturated/α-hetero) is 1. The van der Waals surface area contributed by atoms with Crippen LogP contribution in [0.4, 0.5) is 0 Å². The van der Waals surface area contributed by atoms with Gasteiger partial charge in [0.25, 0.3) is 0 Å². The van der Waals surface area contributed by atoms with E-state index in [-0.39, 0.29) is 36.4 Å². The molecule has 0 bridgehead atoms. The lowest BCUT2D eigenvalue weighted by atomic mass is 9.96. The fourth-order valence-electron chi connectivity index (χ4n) is 3.89. The number of imidazole rings is 1. The summed E-state index contributed by atoms with van der Waals surface area (Å²) < 4.78 is 0. The van der Waals surface area contributed by atoms with Crippen LogP contribution in [0.15, 0.2) is 12.5 Å². The van der Waals surface area contributed by atoms with Crippen molar-refractivity contribution in [1.29, 1.82) is 0 Å². The number of likely N-dealkylation sites (tertiary alicyclic amines) is 1. The lowest BCUT2D eigenvalue weighted by Gasteiger charge is -2.28. The fraction of sp³-hybridized carbons (Fsp3) is 0.611. The summed E-state index contributed by atoms with van der Waals surface area (Å²) in [5.41, 5.74) is 0.723. The molecule has 0 aromatic carbocycles. The summed E-state index contributed by atoms with van der Waals surface area (Å²) in [6.45, 7) is 2.39. The number of aromatic nitrogens is 2. The Balaban J connectivity index is 1.74. The summed E-state index contributed by atoms with van der Waals surface area (Å²) in [7, 11) is 0. The quantitative estimate of drug-likeness (QED) is 0.706. The Morgan fingerprint density at radius 3 is 2.88 bits per heavy atom. The molecule has 8 nitrogen and oxygen atoms in total. The van der Waals surface area contributed by atoms with Gasteiger partial charge < -0.3 is 20.0 Å². The summed E-state index contributed by atoms with van der Waals surface area (Å²) in [6, 6.07) is -1.22. The van der Waals surface area contributed by atoms with Gasteiger partial charge >= 0.3 is 0 Å². The number of nitrogens with one attached hydrogen (secondary N) is 2. The molecule has 26 heavy (non-hydrogen) atoms. The van der Waals surface area contributed by atoms with Gasteiger partial charge in [-0.15, -0.1) is 0 Å². The van der Waals surface area contributed by atoms with Crippen LogP contribution in [0, 0.1) is 11.8 Å². The Hall–Kier alpha value is -2.51. The van der Waals surface area contributed by atoms with Gasteiger partial charge in [-0.2, -0.15) is 0 Å². The van der Waals surface area contributed by atoms with Gasteiger partial charge in [-0.3, -0.25) is 14.4 Å². The second-order valence-electron chi connectivity index (χ2n) is 7.25. The molecule has 4 atom stereocenters. The molecule has 2 aliphatic rings. The van der Waals surface area contributed by atoms with Crippen LogP contribution in [0.3, 0.4) is 0 Å². The number of ketones is 1. The monoisotopic (exact) mass is 360 g/mol. The molecule has 1 saturated heterocycles. The molecular formula is C18H24N4O4. The van der Waals surface area contributed by atoms with E-state index in [0.29, 0.717) is 19.4 Å². The molecule has 8 heteroatoms. The molecule has 1 aromatic rings. The Kier molecular flexibility index (Phi) is 5.49. The summed E-state index contributed by atoms with van der Waals surface area (Å²) in [5, 5.41) is 2.82. The third-order valence-electron chi connectivity index (χ3n) is 5.35. The zero-order valence-electron chi connectivity index (χ0n) is 14.8. The summed E-state index contributed by atoms with van der Waals surface area (Å²) >= 11 is 0. The van der Waals surface area contributed by atoms with E-state index >= 15 is 0 Å². The third kappa shape index (κ3) is 3.84. The zero-order valence-corrected chi connectivity index (χ0v) is 14.8. The van der Waals surface area contributed by atoms with Gasteiger partial charge in [0, 0.05) is 43.6 Å². The first-order chi connectivity index (χ1) is 12.5. The van der Waals surface area contributed by atoms with Gasteiger partial charge in [-0.05, 0) is 18.8 Å². The highest BCUT2D eigenvalue weighted by molar-refractivity contribution is 5.94. The normalized spacial score (nSPS) is 26.7. The number of carbonyl (C=O) groups is 4. The average molecular weight is 360 g/mol. The van der Waals surface area contributed by atoms with Crippen molar-refractivity contribution in [2.24, 2.45) is 11.8 Å². The molecular weight excluding hydrogens is 336 g/mol. The number of H-pyrrole nitrogens is 1. The van der Waals surface area contributed by atoms with Crippen molar-refractivity contribution in [3.8, 4) is 0 Å². The molecule has 0 unspecified atom stereocenters. The Labute approximate surface area is 151 Å². The molecule has 2 fully saturated rings. The summed E-state index contributed by atoms with van der Waals surface area (Å²) in [4.78, 5) is 57.0. The lowest BCUT2D eigenvalue weighted by molar-refractivity contribution is -0.139. The number of aromatic amines is 1. The van der Waals surface area contributed by atoms with E-state index in [2.05, 4.69) is 15.3 Å². The van der Waals surface area contributed by atoms with Crippen molar-refractivity contribution in [2.45, 2.75) is 51.1 Å². The topological polar surface area (TPSA) is 112 Å². The van der Waals surface area contributed by atoms with Crippen LogP contribution in [0.1, 0.15) is 38.3 Å². The van der Waals surface area contributed by atoms with Gasteiger partial charge in [0.2, 0.25) is 11.8 Å². The number of hydrogen-bond acceptors (Lipinski definition) is 5. The van der Waals surface area contributed by atoms with E-state index < -0.39 is 18.0 Å². The predicted molar refractivity (Wildman–Crippen MR) is 91.9 cm³/mol. The van der Waals surface area contributed by atoms with Crippen molar-refractivity contribution in [3.63, 3.8) is 0 Å². The largest absolute Gasteiger partial charge is 0.348 e. The van der Waals surface area contributed by atoms with Crippen LogP contribution in [-0.4, -0.2) is 57.4 Å². The van der Waals surface area contributed by atoms with E-state index in [9.17, 15) is 19.2 Å². The first-order valence-electron chi connectivity index (χ1n) is 9.04. The smallest absolute Gasteiger partial charge is 0.246 e. The van der Waals surface area contributed by atoms with Gasteiger partial charge in [0.1, 0.15) is 18.1 Å². The third-order valence-corrected chi connectivity index (χ3v) is 5.35. The molecule has 0 spiro atoms.